The standard InChI is InChI=1S/C13H16N4O4/c1-7-8(2)21-12-14-10-9(17(7)12)11(19)16(5-4-6-18)13(20)15(10)3/h18H,4-6H2,1-3H3. The summed E-state index contributed by atoms with van der Waals surface area (Å²) in [5.74, 6) is 0.974. The molecule has 0 aromatic carbocycles. The second-order valence-electron chi connectivity index (χ2n) is 5.02. The fourth-order valence-electron chi connectivity index (χ4n) is 2.47. The number of hydrogen-bond donors (Lipinski definition) is 1. The molecule has 3 aromatic rings. The minimum Gasteiger partial charge on any atom is -0.428 e. The van der Waals surface area contributed by atoms with Gasteiger partial charge in [0.05, 0.1) is 5.69 Å². The number of aliphatic hydroxyl groups excluding tert-OH is 1. The van der Waals surface area contributed by atoms with Gasteiger partial charge in [0.2, 0.25) is 0 Å². The SMILES string of the molecule is Cc1oc2nc3c(c(=O)n(CCCO)c(=O)n3C)n2c1C. The maximum absolute atomic E-state index is 12.6. The molecule has 21 heavy (non-hydrogen) atoms. The molecule has 0 spiro atoms. The first-order chi connectivity index (χ1) is 9.97. The number of aryl methyl sites for hydroxylation is 3. The van der Waals surface area contributed by atoms with E-state index < -0.39 is 11.2 Å². The van der Waals surface area contributed by atoms with Crippen molar-refractivity contribution in [2.75, 3.05) is 6.61 Å². The van der Waals surface area contributed by atoms with Crippen molar-refractivity contribution in [2.24, 2.45) is 7.05 Å². The van der Waals surface area contributed by atoms with Crippen molar-refractivity contribution < 1.29 is 9.52 Å². The van der Waals surface area contributed by atoms with Crippen molar-refractivity contribution in [2.45, 2.75) is 26.8 Å². The zero-order valence-electron chi connectivity index (χ0n) is 12.1. The zero-order valence-corrected chi connectivity index (χ0v) is 12.1. The Morgan fingerprint density at radius 3 is 2.67 bits per heavy atom. The molecule has 0 atom stereocenters. The summed E-state index contributed by atoms with van der Waals surface area (Å²) in [6.07, 6.45) is 0.339. The molecule has 3 aromatic heterocycles. The molecule has 0 amide bonds. The van der Waals surface area contributed by atoms with Crippen LogP contribution in [0.5, 0.6) is 0 Å². The zero-order chi connectivity index (χ0) is 15.3. The molecule has 0 bridgehead atoms. The van der Waals surface area contributed by atoms with Gasteiger partial charge in [-0.3, -0.25) is 18.3 Å². The van der Waals surface area contributed by atoms with Crippen molar-refractivity contribution >= 4 is 17.0 Å². The molecule has 1 N–H and O–H groups in total. The van der Waals surface area contributed by atoms with E-state index in [0.717, 1.165) is 10.3 Å². The molecule has 0 saturated carbocycles. The van der Waals surface area contributed by atoms with Gasteiger partial charge in [-0.15, -0.1) is 0 Å². The van der Waals surface area contributed by atoms with Gasteiger partial charge in [0.25, 0.3) is 5.56 Å². The number of aromatic nitrogens is 4. The van der Waals surface area contributed by atoms with Crippen LogP contribution in [0.3, 0.4) is 0 Å². The van der Waals surface area contributed by atoms with E-state index in [1.807, 2.05) is 6.92 Å². The highest BCUT2D eigenvalue weighted by Gasteiger charge is 2.20. The smallest absolute Gasteiger partial charge is 0.332 e. The average molecular weight is 292 g/mol. The van der Waals surface area contributed by atoms with Crippen molar-refractivity contribution in [3.8, 4) is 0 Å². The van der Waals surface area contributed by atoms with Gasteiger partial charge in [-0.1, -0.05) is 0 Å². The predicted octanol–water partition coefficient (Wildman–Crippen LogP) is -0.0599. The van der Waals surface area contributed by atoms with E-state index in [9.17, 15) is 9.59 Å². The first kappa shape index (κ1) is 13.6. The summed E-state index contributed by atoms with van der Waals surface area (Å²) in [5, 5.41) is 8.91. The summed E-state index contributed by atoms with van der Waals surface area (Å²) in [7, 11) is 1.56. The Morgan fingerprint density at radius 1 is 1.29 bits per heavy atom. The van der Waals surface area contributed by atoms with Crippen LogP contribution in [0.2, 0.25) is 0 Å². The van der Waals surface area contributed by atoms with Gasteiger partial charge in [-0.05, 0) is 20.3 Å². The number of aliphatic hydroxyl groups is 1. The normalized spacial score (nSPS) is 11.8. The molecule has 0 unspecified atom stereocenters. The fraction of sp³-hybridized carbons (Fsp3) is 0.462. The van der Waals surface area contributed by atoms with E-state index in [0.29, 0.717) is 29.2 Å². The second kappa shape index (κ2) is 4.59. The lowest BCUT2D eigenvalue weighted by Gasteiger charge is -2.07. The van der Waals surface area contributed by atoms with Gasteiger partial charge >= 0.3 is 11.5 Å². The van der Waals surface area contributed by atoms with E-state index in [4.69, 9.17) is 9.52 Å². The Morgan fingerprint density at radius 2 is 2.00 bits per heavy atom. The molecule has 8 nitrogen and oxygen atoms in total. The molecule has 0 aliphatic carbocycles. The summed E-state index contributed by atoms with van der Waals surface area (Å²) in [4.78, 5) is 29.1. The fourth-order valence-corrected chi connectivity index (χ4v) is 2.47. The third-order valence-electron chi connectivity index (χ3n) is 3.74. The number of nitrogens with zero attached hydrogens (tertiary/aromatic N) is 4. The van der Waals surface area contributed by atoms with E-state index in [1.165, 1.54) is 4.57 Å². The Hall–Kier alpha value is -2.35. The lowest BCUT2D eigenvalue weighted by atomic mass is 10.4. The Labute approximate surface area is 118 Å². The van der Waals surface area contributed by atoms with E-state index in [-0.39, 0.29) is 13.2 Å². The van der Waals surface area contributed by atoms with Crippen LogP contribution in [0, 0.1) is 13.8 Å². The van der Waals surface area contributed by atoms with Crippen molar-refractivity contribution in [1.82, 2.24) is 18.5 Å². The molecule has 3 rings (SSSR count). The quantitative estimate of drug-likeness (QED) is 0.729. The van der Waals surface area contributed by atoms with Crippen LogP contribution in [0.15, 0.2) is 14.0 Å². The summed E-state index contributed by atoms with van der Waals surface area (Å²) < 4.78 is 9.57. The van der Waals surface area contributed by atoms with Gasteiger partial charge in [0.15, 0.2) is 11.2 Å². The summed E-state index contributed by atoms with van der Waals surface area (Å²) in [6, 6.07) is 0. The number of fused-ring (bicyclic) bond motifs is 3. The van der Waals surface area contributed by atoms with Gasteiger partial charge in [0, 0.05) is 20.2 Å². The molecule has 0 aliphatic rings. The van der Waals surface area contributed by atoms with Crippen LogP contribution in [-0.2, 0) is 13.6 Å². The van der Waals surface area contributed by atoms with Crippen LogP contribution < -0.4 is 11.2 Å². The van der Waals surface area contributed by atoms with Crippen molar-refractivity contribution in [1.29, 1.82) is 0 Å². The molecule has 0 saturated heterocycles. The lowest BCUT2D eigenvalue weighted by Crippen LogP contribution is -2.39. The number of rotatable bonds is 3. The number of hydrogen-bond acceptors (Lipinski definition) is 5. The molecule has 3 heterocycles. The summed E-state index contributed by atoms with van der Waals surface area (Å²) >= 11 is 0. The van der Waals surface area contributed by atoms with E-state index in [2.05, 4.69) is 4.98 Å². The minimum absolute atomic E-state index is 0.0840. The largest absolute Gasteiger partial charge is 0.428 e. The van der Waals surface area contributed by atoms with Gasteiger partial charge in [-0.25, -0.2) is 4.79 Å². The second-order valence-corrected chi connectivity index (χ2v) is 5.02. The summed E-state index contributed by atoms with van der Waals surface area (Å²) in [5.41, 5.74) is 0.525. The molecule has 0 aliphatic heterocycles. The van der Waals surface area contributed by atoms with Crippen LogP contribution in [0.1, 0.15) is 17.9 Å². The van der Waals surface area contributed by atoms with E-state index >= 15 is 0 Å². The van der Waals surface area contributed by atoms with Crippen LogP contribution in [-0.4, -0.2) is 30.2 Å². The van der Waals surface area contributed by atoms with Crippen LogP contribution >= 0.6 is 0 Å². The van der Waals surface area contributed by atoms with Gasteiger partial charge < -0.3 is 9.52 Å². The first-order valence-corrected chi connectivity index (χ1v) is 6.66. The molecule has 0 fully saturated rings. The van der Waals surface area contributed by atoms with Gasteiger partial charge in [-0.2, -0.15) is 4.98 Å². The maximum Gasteiger partial charge on any atom is 0.332 e. The monoisotopic (exact) mass is 292 g/mol. The van der Waals surface area contributed by atoms with Gasteiger partial charge in [0.1, 0.15) is 5.76 Å². The predicted molar refractivity (Wildman–Crippen MR) is 75.6 cm³/mol. The third kappa shape index (κ3) is 1.75. The maximum atomic E-state index is 12.6. The third-order valence-corrected chi connectivity index (χ3v) is 3.74. The average Bonchev–Trinajstić information content (AvgIpc) is 2.95. The molecular formula is C13H16N4O4. The van der Waals surface area contributed by atoms with Crippen LogP contribution in [0.4, 0.5) is 0 Å². The highest BCUT2D eigenvalue weighted by Crippen LogP contribution is 2.19. The highest BCUT2D eigenvalue weighted by atomic mass is 16.4. The number of oxazole rings is 1. The summed E-state index contributed by atoms with van der Waals surface area (Å²) in [6.45, 7) is 3.71. The Kier molecular flexibility index (Phi) is 2.98. The molecular weight excluding hydrogens is 276 g/mol. The molecule has 8 heteroatoms. The molecule has 112 valence electrons. The topological polar surface area (TPSA) is 94.7 Å². The first-order valence-electron chi connectivity index (χ1n) is 6.66. The Bertz CT molecular complexity index is 957. The van der Waals surface area contributed by atoms with E-state index in [1.54, 1.807) is 18.4 Å². The van der Waals surface area contributed by atoms with Crippen molar-refractivity contribution in [3.63, 3.8) is 0 Å². The lowest BCUT2D eigenvalue weighted by molar-refractivity contribution is 0.277. The highest BCUT2D eigenvalue weighted by molar-refractivity contribution is 5.75. The Balaban J connectivity index is 2.49. The van der Waals surface area contributed by atoms with Crippen LogP contribution in [0.25, 0.3) is 17.0 Å². The minimum atomic E-state index is -0.448. The van der Waals surface area contributed by atoms with Crippen molar-refractivity contribution in [3.05, 3.63) is 32.3 Å². The number of imidazole rings is 1. The molecule has 0 radical (unpaired) electrons.